The van der Waals surface area contributed by atoms with Gasteiger partial charge in [-0.2, -0.15) is 13.2 Å². The summed E-state index contributed by atoms with van der Waals surface area (Å²) >= 11 is 0. The zero-order valence-corrected chi connectivity index (χ0v) is 18.7. The van der Waals surface area contributed by atoms with Gasteiger partial charge in [0.1, 0.15) is 10.6 Å². The molecule has 12 nitrogen and oxygen atoms in total. The average molecular weight is 481 g/mol. The Morgan fingerprint density at radius 1 is 1.15 bits per heavy atom. The number of nitro benzene ring substituents is 1. The lowest BCUT2D eigenvalue weighted by Crippen LogP contribution is -2.11. The Balaban J connectivity index is 1.50. The number of nitrogens with one attached hydrogen (secondary N) is 1. The minimum Gasteiger partial charge on any atom is -0.360 e. The van der Waals surface area contributed by atoms with E-state index in [1.807, 2.05) is 6.92 Å². The molecule has 13 heteroatoms. The van der Waals surface area contributed by atoms with Crippen molar-refractivity contribution in [3.63, 3.8) is 0 Å². The first kappa shape index (κ1) is 22.8. The molecule has 0 saturated heterocycles. The lowest BCUT2D eigenvalue weighted by Gasteiger charge is -2.05. The van der Waals surface area contributed by atoms with Gasteiger partial charge in [0.05, 0.1) is 23.6 Å². The number of nitrogens with zero attached hydrogens (tertiary/aromatic N) is 6. The molecular weight excluding hydrogens is 462 g/mol. The molecule has 1 N–H and O–H groups in total. The molecule has 0 fully saturated rings. The smallest absolute Gasteiger partial charge is 0.358 e. The van der Waals surface area contributed by atoms with Gasteiger partial charge in [-0.15, -0.1) is 10.2 Å². The summed E-state index contributed by atoms with van der Waals surface area (Å²) in [6.45, 7) is 2.10. The number of nitro groups is 1. The molecule has 0 saturated carbocycles. The topological polar surface area (TPSA) is 158 Å². The fourth-order valence-corrected chi connectivity index (χ4v) is 3.72. The van der Waals surface area contributed by atoms with Crippen LogP contribution in [0.2, 0.25) is 0 Å². The number of aryl methyl sites for hydroxylation is 1. The molecule has 0 spiro atoms. The molecule has 0 atom stereocenters. The summed E-state index contributed by atoms with van der Waals surface area (Å²) in [6, 6.07) is 15.7. The largest absolute Gasteiger partial charge is 0.360 e. The van der Waals surface area contributed by atoms with Crippen molar-refractivity contribution in [1.82, 2.24) is 25.2 Å². The van der Waals surface area contributed by atoms with Gasteiger partial charge in [-0.05, 0) is 42.0 Å². The first-order valence-corrected chi connectivity index (χ1v) is 11.4. The first-order chi connectivity index (χ1) is 16.3. The molecule has 0 aliphatic heterocycles. The van der Waals surface area contributed by atoms with Gasteiger partial charge >= 0.3 is 10.1 Å². The molecule has 174 valence electrons. The fourth-order valence-electron chi connectivity index (χ4n) is 2.98. The maximum atomic E-state index is 12.5. The summed E-state index contributed by atoms with van der Waals surface area (Å²) in [4.78, 5) is 14.6. The lowest BCUT2D eigenvalue weighted by molar-refractivity contribution is -0.384. The third-order valence-electron chi connectivity index (χ3n) is 4.76. The highest BCUT2D eigenvalue weighted by atomic mass is 32.2. The van der Waals surface area contributed by atoms with Crippen LogP contribution < -0.4 is 0 Å². The zero-order valence-electron chi connectivity index (χ0n) is 17.9. The number of rotatable bonds is 9. The molecular formula is C21H19N7O5S. The number of H-pyrrole nitrogens is 1. The van der Waals surface area contributed by atoms with Crippen LogP contribution in [0.15, 0.2) is 76.9 Å². The third-order valence-corrected chi connectivity index (χ3v) is 5.88. The highest BCUT2D eigenvalue weighted by Crippen LogP contribution is 2.15. The first-order valence-electron chi connectivity index (χ1n) is 10.0. The second-order valence-corrected chi connectivity index (χ2v) is 8.83. The van der Waals surface area contributed by atoms with Crippen molar-refractivity contribution in [2.75, 3.05) is 0 Å². The molecule has 2 aromatic heterocycles. The fraction of sp³-hybridized carbons (Fsp3) is 0.143. The van der Waals surface area contributed by atoms with Gasteiger partial charge in [-0.25, -0.2) is 0 Å². The van der Waals surface area contributed by atoms with Gasteiger partial charge in [-0.3, -0.25) is 14.4 Å². The summed E-state index contributed by atoms with van der Waals surface area (Å²) < 4.78 is 30.0. The van der Waals surface area contributed by atoms with Crippen LogP contribution in [0.3, 0.4) is 0 Å². The molecule has 2 aromatic carbocycles. The summed E-state index contributed by atoms with van der Waals surface area (Å²) in [5, 5.41) is 26.9. The van der Waals surface area contributed by atoms with E-state index < -0.39 is 15.0 Å². The minimum atomic E-state index is -4.11. The van der Waals surface area contributed by atoms with Crippen LogP contribution in [0, 0.1) is 17.0 Å². The van der Waals surface area contributed by atoms with E-state index in [4.69, 9.17) is 4.28 Å². The van der Waals surface area contributed by atoms with E-state index in [2.05, 4.69) is 25.6 Å². The van der Waals surface area contributed by atoms with Gasteiger partial charge in [-0.1, -0.05) is 35.0 Å². The molecule has 34 heavy (non-hydrogen) atoms. The molecule has 0 aliphatic carbocycles. The summed E-state index contributed by atoms with van der Waals surface area (Å²) in [7, 11) is -4.11. The number of oxime groups is 1. The minimum absolute atomic E-state index is 0.0108. The predicted octanol–water partition coefficient (Wildman–Crippen LogP) is 2.62. The molecule has 4 rings (SSSR count). The second kappa shape index (κ2) is 9.62. The van der Waals surface area contributed by atoms with Crippen LogP contribution in [-0.2, 0) is 27.4 Å². The summed E-state index contributed by atoms with van der Waals surface area (Å²) in [6.07, 6.45) is 1.71. The Kier molecular flexibility index (Phi) is 6.45. The molecule has 2 heterocycles. The Bertz CT molecular complexity index is 1410. The predicted molar refractivity (Wildman–Crippen MR) is 120 cm³/mol. The maximum absolute atomic E-state index is 12.5. The van der Waals surface area contributed by atoms with Gasteiger partial charge < -0.3 is 4.98 Å². The van der Waals surface area contributed by atoms with Crippen molar-refractivity contribution in [2.24, 2.45) is 5.16 Å². The van der Waals surface area contributed by atoms with Crippen LogP contribution in [-0.4, -0.2) is 44.2 Å². The Morgan fingerprint density at radius 2 is 1.88 bits per heavy atom. The van der Waals surface area contributed by atoms with Gasteiger partial charge in [0, 0.05) is 18.3 Å². The van der Waals surface area contributed by atoms with E-state index in [0.29, 0.717) is 5.69 Å². The van der Waals surface area contributed by atoms with E-state index >= 15 is 0 Å². The number of hydrogen-bond acceptors (Lipinski definition) is 9. The third kappa shape index (κ3) is 5.50. The molecule has 0 bridgehead atoms. The van der Waals surface area contributed by atoms with Gasteiger partial charge in [0.15, 0.2) is 5.82 Å². The Labute approximate surface area is 194 Å². The van der Waals surface area contributed by atoms with Crippen LogP contribution >= 0.6 is 0 Å². The zero-order chi connectivity index (χ0) is 24.1. The van der Waals surface area contributed by atoms with Crippen molar-refractivity contribution in [2.45, 2.75) is 24.8 Å². The number of benzene rings is 2. The number of aromatic nitrogens is 5. The second-order valence-electron chi connectivity index (χ2n) is 7.30. The van der Waals surface area contributed by atoms with Crippen LogP contribution in [0.1, 0.15) is 22.6 Å². The van der Waals surface area contributed by atoms with E-state index in [9.17, 15) is 18.5 Å². The quantitative estimate of drug-likeness (QED) is 0.217. The SMILES string of the molecule is Cc1ccc(S(=O)(=O)O/N=C(\Cc2nnn(Cc3ccc([N+](=O)[O-])cc3)n2)c2ccc[nH]2)cc1. The average Bonchev–Trinajstić information content (AvgIpc) is 3.50. The number of hydrogen-bond donors (Lipinski definition) is 1. The van der Waals surface area contributed by atoms with Crippen LogP contribution in [0.25, 0.3) is 0 Å². The van der Waals surface area contributed by atoms with Gasteiger partial charge in [0.25, 0.3) is 5.69 Å². The number of tetrazole rings is 1. The van der Waals surface area contributed by atoms with E-state index in [0.717, 1.165) is 11.1 Å². The summed E-state index contributed by atoms with van der Waals surface area (Å²) in [5.74, 6) is 0.284. The van der Waals surface area contributed by atoms with Crippen molar-refractivity contribution >= 4 is 21.5 Å². The molecule has 0 amide bonds. The van der Waals surface area contributed by atoms with E-state index in [1.54, 1.807) is 42.6 Å². The van der Waals surface area contributed by atoms with Crippen molar-refractivity contribution in [1.29, 1.82) is 0 Å². The lowest BCUT2D eigenvalue weighted by atomic mass is 10.2. The standard InChI is InChI=1S/C21H19N7O5S/c1-15-4-10-18(11-5-15)34(31,32)33-25-20(19-3-2-12-22-19)13-21-23-26-27(24-21)14-16-6-8-17(9-7-16)28(29)30/h2-12,22H,13-14H2,1H3/b25-20+. The Hall–Kier alpha value is -4.39. The normalized spacial score (nSPS) is 12.0. The van der Waals surface area contributed by atoms with Gasteiger partial charge in [0.2, 0.25) is 0 Å². The highest BCUT2D eigenvalue weighted by Gasteiger charge is 2.18. The molecule has 0 radical (unpaired) electrons. The molecule has 0 unspecified atom stereocenters. The maximum Gasteiger partial charge on any atom is 0.358 e. The molecule has 0 aliphatic rings. The summed E-state index contributed by atoms with van der Waals surface area (Å²) in [5.41, 5.74) is 2.45. The van der Waals surface area contributed by atoms with Crippen LogP contribution in [0.5, 0.6) is 0 Å². The molecule has 4 aromatic rings. The van der Waals surface area contributed by atoms with E-state index in [1.165, 1.54) is 29.1 Å². The monoisotopic (exact) mass is 481 g/mol. The number of non-ortho nitro benzene ring substituents is 1. The van der Waals surface area contributed by atoms with Crippen molar-refractivity contribution in [3.8, 4) is 0 Å². The van der Waals surface area contributed by atoms with Crippen LogP contribution in [0.4, 0.5) is 5.69 Å². The van der Waals surface area contributed by atoms with E-state index in [-0.39, 0.29) is 35.1 Å². The number of aromatic amines is 1. The Morgan fingerprint density at radius 3 is 2.53 bits per heavy atom. The highest BCUT2D eigenvalue weighted by molar-refractivity contribution is 7.86. The van der Waals surface area contributed by atoms with Crippen molar-refractivity contribution < 1.29 is 17.6 Å². The van der Waals surface area contributed by atoms with Crippen molar-refractivity contribution in [3.05, 3.63) is 99.6 Å².